The van der Waals surface area contributed by atoms with Gasteiger partial charge in [-0.05, 0) is 176 Å². The molecule has 10 aromatic carbocycles. The molecule has 0 fully saturated rings. The molecule has 24 aromatic rings. The van der Waals surface area contributed by atoms with Gasteiger partial charge in [0.2, 0.25) is 5.82 Å². The van der Waals surface area contributed by atoms with E-state index in [0.717, 1.165) is 140 Å². The van der Waals surface area contributed by atoms with Crippen molar-refractivity contribution in [1.82, 2.24) is 118 Å². The van der Waals surface area contributed by atoms with Crippen molar-refractivity contribution in [3.05, 3.63) is 368 Å². The van der Waals surface area contributed by atoms with Crippen LogP contribution in [-0.2, 0) is 108 Å². The summed E-state index contributed by atoms with van der Waals surface area (Å²) in [6.45, 7) is 25.2. The van der Waals surface area contributed by atoms with E-state index in [-0.39, 0.29) is 101 Å². The summed E-state index contributed by atoms with van der Waals surface area (Å²) in [5.74, 6) is 4.84. The average molecular weight is 2760 g/mol. The Balaban J connectivity index is 0.000000134. The molecule has 14 heterocycles. The minimum absolute atomic E-state index is 0. The molecule has 717 valence electrons. The van der Waals surface area contributed by atoms with Crippen molar-refractivity contribution in [2.24, 2.45) is 7.05 Å². The quantitative estimate of drug-likeness (QED) is 0.0680. The number of pyridine rings is 3. The van der Waals surface area contributed by atoms with E-state index in [1.165, 1.54) is 72.4 Å². The molecule has 0 unspecified atom stereocenters. The molecule has 142 heavy (non-hydrogen) atoms. The molecule has 0 aliphatic rings. The van der Waals surface area contributed by atoms with E-state index in [1.54, 1.807) is 10.7 Å². The van der Waals surface area contributed by atoms with Crippen molar-refractivity contribution >= 4 is 61.6 Å². The summed E-state index contributed by atoms with van der Waals surface area (Å²) in [5.41, 5.74) is 33.3. The summed E-state index contributed by atoms with van der Waals surface area (Å²) in [4.78, 5) is 61.2. The van der Waals surface area contributed by atoms with E-state index in [2.05, 4.69) is 311 Å². The second-order valence-electron chi connectivity index (χ2n) is 33.6. The van der Waals surface area contributed by atoms with Crippen LogP contribution in [0, 0.1) is 86.0 Å². The Morgan fingerprint density at radius 1 is 0.352 bits per heavy atom. The number of imidazole rings is 1. The van der Waals surface area contributed by atoms with Crippen LogP contribution in [-0.4, -0.2) is 118 Å². The van der Waals surface area contributed by atoms with E-state index >= 15 is 0 Å². The number of hydrogen-bond acceptors (Lipinski definition) is 22. The fourth-order valence-corrected chi connectivity index (χ4v) is 17.3. The number of benzene rings is 10. The first-order valence-electron chi connectivity index (χ1n) is 44.4. The SMILES string of the molecule is CC(C)c1cccc(C(C)C)c1-n1ncnc1-c1[c-]nc2ocnc2n1.Cc1cc(C)c(-n2ncnc2-c2[c-]nc3ocnc3c2)c(C)c1.Cc1cccc(C)c1-n1ncnc1-c1[c-]cc2ocnc2n1.Cc1nc(-c2[c-]cc3c(c2)ncn3C)n(-c2c(C)cc(-c3ccccc3)cc2C)n1.[Ir].[Ir].[Ir].[Ir].[Ir].[c-]1cc2ocnc2cc1-c1nc2cccc[n+]2n1-c1c(-c2ccccc2)cccc1-c1ccccc1. The molecule has 24 rings (SSSR count). The van der Waals surface area contributed by atoms with Gasteiger partial charge in [0, 0.05) is 147 Å². The maximum absolute atomic E-state index is 5.46. The van der Waals surface area contributed by atoms with Gasteiger partial charge >= 0.3 is 5.65 Å². The van der Waals surface area contributed by atoms with Crippen molar-refractivity contribution in [2.45, 2.75) is 94.9 Å². The number of oxazole rings is 4. The van der Waals surface area contributed by atoms with Crippen molar-refractivity contribution in [3.8, 4) is 119 Å². The zero-order valence-corrected chi connectivity index (χ0v) is 90.7. The molecule has 0 bridgehead atoms. The number of aromatic nitrogens is 25. The summed E-state index contributed by atoms with van der Waals surface area (Å²) >= 11 is 0. The number of rotatable bonds is 15. The number of para-hydroxylation sites is 3. The van der Waals surface area contributed by atoms with Crippen LogP contribution in [0.1, 0.15) is 95.4 Å². The Labute approximate surface area is 883 Å². The Hall–Kier alpha value is -14.6. The molecule has 0 spiro atoms. The average Bonchev–Trinajstić information content (AvgIpc) is 1.58. The second kappa shape index (κ2) is 44.4. The van der Waals surface area contributed by atoms with Gasteiger partial charge in [-0.2, -0.15) is 25.1 Å². The summed E-state index contributed by atoms with van der Waals surface area (Å²) in [7, 11) is 1.98. The molecule has 5 radical (unpaired) electrons. The van der Waals surface area contributed by atoms with E-state index in [0.29, 0.717) is 80.1 Å². The number of aryl methyl sites for hydroxylation is 9. The van der Waals surface area contributed by atoms with Crippen molar-refractivity contribution in [1.29, 1.82) is 0 Å². The normalized spacial score (nSPS) is 11.0. The van der Waals surface area contributed by atoms with E-state index < -0.39 is 0 Å². The Kier molecular flexibility index (Phi) is 31.9. The van der Waals surface area contributed by atoms with Crippen molar-refractivity contribution in [3.63, 3.8) is 0 Å². The molecule has 0 saturated carbocycles. The van der Waals surface area contributed by atoms with Gasteiger partial charge in [0.15, 0.2) is 42.6 Å². The van der Waals surface area contributed by atoms with Gasteiger partial charge in [-0.1, -0.05) is 213 Å². The van der Waals surface area contributed by atoms with Crippen LogP contribution in [0.3, 0.4) is 0 Å². The Morgan fingerprint density at radius 2 is 0.852 bits per heavy atom. The van der Waals surface area contributed by atoms with Gasteiger partial charge < -0.3 is 32.2 Å². The zero-order chi connectivity index (χ0) is 94.1. The first kappa shape index (κ1) is 102. The standard InChI is InChI=1S/C31H20N4O.C25H22N5.C19H19N6O.C17H14N5O.C16H12N5O.5Ir/c1-3-10-22(11-4-1)25-14-9-15-26(23-12-5-2-6-13-23)30(25)35-31(33-29-16-7-8-19-34(29)35)24-17-18-28-27(20-24)32-21-36-28;1-16-12-21(19-8-6-5-7-9-19)13-17(2)24(16)30-25(27-18(3)28-30)20-10-11-23-22(14-20)26-15-29(23)4;1-11(2)13-6-5-7-14(12(3)4)16(13)25-18(21-9-23-25)15-8-20-19-17(24-15)22-10-26-19;1-10-4-11(2)15(12(3)5-10)22-16(19-8-21-22)13-6-14-17(18-7-13)23-9-20-14;1-10-4-3-5-11(2)14(10)21-16(17-8-19-21)12-6-7-13-15(20-12)18-9-22-13;;;;;/h1-16,18-21H;5-9,11-15H,1-4H3;5-7,9-12H,1-4H3;4-6,8-9H,1-3H3;3-5,7-9H,1-2H3;;;;;/q;4*-1;;;;;. The van der Waals surface area contributed by atoms with Gasteiger partial charge in [-0.25, -0.2) is 19.9 Å². The number of nitrogens with zero attached hydrogens (tertiary/aromatic N) is 25. The molecule has 29 nitrogen and oxygen atoms in total. The van der Waals surface area contributed by atoms with Gasteiger partial charge in [0.25, 0.3) is 0 Å². The number of hydrogen-bond donors (Lipinski definition) is 0. The first-order chi connectivity index (χ1) is 66.8. The monoisotopic (exact) mass is 2760 g/mol. The molecule has 0 amide bonds. The Bertz CT molecular complexity index is 8400. The third-order valence-corrected chi connectivity index (χ3v) is 23.4. The van der Waals surface area contributed by atoms with Crippen LogP contribution in [0.4, 0.5) is 0 Å². The van der Waals surface area contributed by atoms with Crippen LogP contribution in [0.25, 0.3) is 181 Å². The molecular weight excluding hydrogens is 2670 g/mol. The van der Waals surface area contributed by atoms with Gasteiger partial charge in [-0.15, -0.1) is 64.7 Å². The summed E-state index contributed by atoms with van der Waals surface area (Å²) in [5, 5.41) is 18.0. The van der Waals surface area contributed by atoms with E-state index in [9.17, 15) is 0 Å². The topological polar surface area (TPSA) is 318 Å². The predicted molar refractivity (Wildman–Crippen MR) is 522 cm³/mol. The molecule has 34 heteroatoms. The van der Waals surface area contributed by atoms with Crippen LogP contribution in [0.2, 0.25) is 0 Å². The minimum Gasteiger partial charge on any atom is -0.503 e. The fraction of sp³-hybridized carbons (Fsp3) is 0.139. The molecular formula is C108H87Ir5N25O4-4. The van der Waals surface area contributed by atoms with E-state index in [1.807, 2.05) is 144 Å². The predicted octanol–water partition coefficient (Wildman–Crippen LogP) is 21.8. The zero-order valence-electron chi connectivity index (χ0n) is 78.7. The van der Waals surface area contributed by atoms with Crippen LogP contribution in [0.5, 0.6) is 0 Å². The molecule has 0 aliphatic carbocycles. The van der Waals surface area contributed by atoms with Crippen LogP contribution in [0.15, 0.2) is 299 Å². The minimum atomic E-state index is 0. The number of fused-ring (bicyclic) bond motifs is 6. The maximum Gasteiger partial charge on any atom is 0.338 e. The fourth-order valence-electron chi connectivity index (χ4n) is 17.3. The van der Waals surface area contributed by atoms with Gasteiger partial charge in [0.05, 0.1) is 69.2 Å². The molecule has 0 aliphatic heterocycles. The first-order valence-corrected chi connectivity index (χ1v) is 44.4. The van der Waals surface area contributed by atoms with Crippen LogP contribution >= 0.6 is 0 Å². The largest absolute Gasteiger partial charge is 0.503 e. The maximum atomic E-state index is 5.46. The smallest absolute Gasteiger partial charge is 0.338 e. The Morgan fingerprint density at radius 3 is 1.52 bits per heavy atom. The summed E-state index contributed by atoms with van der Waals surface area (Å²) in [6, 6.07) is 86.2. The van der Waals surface area contributed by atoms with Crippen molar-refractivity contribution < 1.29 is 123 Å². The molecule has 0 N–H and O–H groups in total. The van der Waals surface area contributed by atoms with Gasteiger partial charge in [-0.3, -0.25) is 53.6 Å². The molecule has 0 atom stereocenters. The van der Waals surface area contributed by atoms with Crippen LogP contribution < -0.4 is 4.52 Å². The third-order valence-electron chi connectivity index (χ3n) is 23.4. The van der Waals surface area contributed by atoms with E-state index in [4.69, 9.17) is 32.7 Å². The summed E-state index contributed by atoms with van der Waals surface area (Å²) < 4.78 is 34.6. The van der Waals surface area contributed by atoms with Gasteiger partial charge in [0.1, 0.15) is 36.7 Å². The molecule has 14 aromatic heterocycles. The summed E-state index contributed by atoms with van der Waals surface area (Å²) in [6.07, 6.45) is 19.8. The van der Waals surface area contributed by atoms with Crippen molar-refractivity contribution in [2.75, 3.05) is 0 Å². The third kappa shape index (κ3) is 20.7. The second-order valence-corrected chi connectivity index (χ2v) is 33.6. The molecule has 0 saturated heterocycles.